The zero-order valence-corrected chi connectivity index (χ0v) is 12.0. The van der Waals surface area contributed by atoms with Gasteiger partial charge < -0.3 is 4.57 Å². The first kappa shape index (κ1) is 12.5. The lowest BCUT2D eigenvalue weighted by Crippen LogP contribution is -2.06. The third-order valence-electron chi connectivity index (χ3n) is 3.62. The van der Waals surface area contributed by atoms with Crippen LogP contribution in [-0.2, 0) is 13.2 Å². The number of fused-ring (bicyclic) bond motifs is 5. The first-order valence-electron chi connectivity index (χ1n) is 6.50. The van der Waals surface area contributed by atoms with Gasteiger partial charge in [-0.1, -0.05) is 11.6 Å². The van der Waals surface area contributed by atoms with E-state index in [2.05, 4.69) is 15.1 Å². The summed E-state index contributed by atoms with van der Waals surface area (Å²) in [6, 6.07) is 5.55. The minimum atomic E-state index is -0.603. The molecule has 1 aliphatic rings. The van der Waals surface area contributed by atoms with E-state index in [9.17, 15) is 4.39 Å². The topological polar surface area (TPSA) is 48.5 Å². The standard InChI is InChI=1S/C14H11ClFN5/c1-8-18-14-10-4-9(15)2-3-12(10)20-7-17-11(5-16)13(20)6-21(14)19-8/h2-4,7H,5-6H2,1H3. The molecule has 5 nitrogen and oxygen atoms in total. The molecule has 1 aliphatic heterocycles. The number of hydrogen-bond acceptors (Lipinski definition) is 3. The van der Waals surface area contributed by atoms with Crippen molar-refractivity contribution in [2.24, 2.45) is 0 Å². The van der Waals surface area contributed by atoms with Crippen molar-refractivity contribution in [1.82, 2.24) is 24.3 Å². The summed E-state index contributed by atoms with van der Waals surface area (Å²) in [6.45, 7) is 1.66. The molecule has 0 bridgehead atoms. The Labute approximate surface area is 125 Å². The summed E-state index contributed by atoms with van der Waals surface area (Å²) in [7, 11) is 0. The second kappa shape index (κ2) is 4.39. The fourth-order valence-corrected chi connectivity index (χ4v) is 2.87. The summed E-state index contributed by atoms with van der Waals surface area (Å²) in [5.41, 5.74) is 2.96. The van der Waals surface area contributed by atoms with Gasteiger partial charge in [-0.2, -0.15) is 5.10 Å². The molecule has 0 N–H and O–H groups in total. The van der Waals surface area contributed by atoms with Gasteiger partial charge in [-0.25, -0.2) is 19.0 Å². The molecule has 3 heterocycles. The van der Waals surface area contributed by atoms with Crippen LogP contribution in [0, 0.1) is 6.92 Å². The highest BCUT2D eigenvalue weighted by molar-refractivity contribution is 6.31. The first-order valence-corrected chi connectivity index (χ1v) is 6.88. The predicted octanol–water partition coefficient (Wildman–Crippen LogP) is 2.92. The maximum atomic E-state index is 13.2. The van der Waals surface area contributed by atoms with Crippen LogP contribution in [0.2, 0.25) is 5.02 Å². The number of nitrogens with zero attached hydrogens (tertiary/aromatic N) is 5. The van der Waals surface area contributed by atoms with Gasteiger partial charge in [0.05, 0.1) is 29.9 Å². The van der Waals surface area contributed by atoms with E-state index in [1.165, 1.54) is 0 Å². The lowest BCUT2D eigenvalue weighted by Gasteiger charge is -2.08. The molecule has 0 aliphatic carbocycles. The number of aryl methyl sites for hydroxylation is 1. The molecule has 4 rings (SSSR count). The maximum absolute atomic E-state index is 13.2. The Bertz CT molecular complexity index is 851. The Hall–Kier alpha value is -2.21. The van der Waals surface area contributed by atoms with Gasteiger partial charge in [0, 0.05) is 10.6 Å². The van der Waals surface area contributed by atoms with Crippen molar-refractivity contribution >= 4 is 11.6 Å². The van der Waals surface area contributed by atoms with Gasteiger partial charge in [0.25, 0.3) is 0 Å². The Kier molecular flexibility index (Phi) is 2.62. The molecular weight excluding hydrogens is 293 g/mol. The molecule has 0 spiro atoms. The van der Waals surface area contributed by atoms with E-state index in [0.29, 0.717) is 23.1 Å². The van der Waals surface area contributed by atoms with Gasteiger partial charge in [0.15, 0.2) is 5.82 Å². The fraction of sp³-hybridized carbons (Fsp3) is 0.214. The number of aromatic nitrogens is 5. The second-order valence-corrected chi connectivity index (χ2v) is 5.38. The van der Waals surface area contributed by atoms with Crippen molar-refractivity contribution in [3.63, 3.8) is 0 Å². The second-order valence-electron chi connectivity index (χ2n) is 4.94. The summed E-state index contributed by atoms with van der Waals surface area (Å²) in [5.74, 6) is 1.41. The number of benzene rings is 1. The molecule has 0 unspecified atom stereocenters. The Morgan fingerprint density at radius 2 is 2.24 bits per heavy atom. The maximum Gasteiger partial charge on any atom is 0.160 e. The van der Waals surface area contributed by atoms with Crippen LogP contribution in [0.3, 0.4) is 0 Å². The van der Waals surface area contributed by atoms with Crippen molar-refractivity contribution in [2.45, 2.75) is 20.1 Å². The van der Waals surface area contributed by atoms with Gasteiger partial charge in [-0.3, -0.25) is 0 Å². The molecule has 3 aromatic rings. The van der Waals surface area contributed by atoms with Crippen molar-refractivity contribution in [3.8, 4) is 17.1 Å². The smallest absolute Gasteiger partial charge is 0.160 e. The highest BCUT2D eigenvalue weighted by Gasteiger charge is 2.24. The summed E-state index contributed by atoms with van der Waals surface area (Å²) in [6.07, 6.45) is 1.64. The molecule has 0 saturated heterocycles. The first-order chi connectivity index (χ1) is 10.2. The number of rotatable bonds is 1. The largest absolute Gasteiger partial charge is 0.300 e. The van der Waals surface area contributed by atoms with Crippen LogP contribution in [0.25, 0.3) is 17.1 Å². The molecule has 0 radical (unpaired) electrons. The van der Waals surface area contributed by atoms with Crippen LogP contribution in [0.5, 0.6) is 0 Å². The normalized spacial score (nSPS) is 12.5. The van der Waals surface area contributed by atoms with Gasteiger partial charge >= 0.3 is 0 Å². The lowest BCUT2D eigenvalue weighted by molar-refractivity contribution is 0.471. The van der Waals surface area contributed by atoms with Crippen LogP contribution < -0.4 is 0 Å². The zero-order chi connectivity index (χ0) is 14.6. The highest BCUT2D eigenvalue weighted by atomic mass is 35.5. The third kappa shape index (κ3) is 1.79. The number of imidazole rings is 1. The molecule has 2 aromatic heterocycles. The van der Waals surface area contributed by atoms with E-state index in [-0.39, 0.29) is 0 Å². The molecular formula is C14H11ClFN5. The zero-order valence-electron chi connectivity index (χ0n) is 11.2. The van der Waals surface area contributed by atoms with Crippen LogP contribution in [0.4, 0.5) is 4.39 Å². The SMILES string of the molecule is Cc1nc2n(n1)Cc1c(CF)ncn1-c1ccc(Cl)cc1-2. The quantitative estimate of drug-likeness (QED) is 0.543. The molecule has 7 heteroatoms. The van der Waals surface area contributed by atoms with Gasteiger partial charge in [-0.15, -0.1) is 0 Å². The monoisotopic (exact) mass is 303 g/mol. The van der Waals surface area contributed by atoms with Crippen LogP contribution in [0.1, 0.15) is 17.2 Å². The van der Waals surface area contributed by atoms with Gasteiger partial charge in [0.1, 0.15) is 12.5 Å². The number of hydrogen-bond donors (Lipinski definition) is 0. The molecule has 0 fully saturated rings. The Balaban J connectivity index is 2.09. The summed E-state index contributed by atoms with van der Waals surface area (Å²) < 4.78 is 16.8. The Morgan fingerprint density at radius 1 is 1.38 bits per heavy atom. The van der Waals surface area contributed by atoms with Crippen LogP contribution in [-0.4, -0.2) is 24.3 Å². The van der Waals surface area contributed by atoms with Crippen molar-refractivity contribution in [2.75, 3.05) is 0 Å². The minimum Gasteiger partial charge on any atom is -0.300 e. The molecule has 21 heavy (non-hydrogen) atoms. The summed E-state index contributed by atoms with van der Waals surface area (Å²) >= 11 is 6.12. The number of alkyl halides is 1. The van der Waals surface area contributed by atoms with E-state index < -0.39 is 6.67 Å². The van der Waals surface area contributed by atoms with Crippen LogP contribution in [0.15, 0.2) is 24.5 Å². The fourth-order valence-electron chi connectivity index (χ4n) is 2.70. The van der Waals surface area contributed by atoms with E-state index in [1.54, 1.807) is 17.1 Å². The Morgan fingerprint density at radius 3 is 3.05 bits per heavy atom. The molecule has 0 amide bonds. The van der Waals surface area contributed by atoms with E-state index in [4.69, 9.17) is 11.6 Å². The molecule has 0 saturated carbocycles. The molecule has 106 valence electrons. The van der Waals surface area contributed by atoms with E-state index >= 15 is 0 Å². The van der Waals surface area contributed by atoms with Crippen LogP contribution >= 0.6 is 11.6 Å². The van der Waals surface area contributed by atoms with E-state index in [0.717, 1.165) is 22.8 Å². The van der Waals surface area contributed by atoms with Gasteiger partial charge in [0.2, 0.25) is 0 Å². The summed E-state index contributed by atoms with van der Waals surface area (Å²) in [5, 5.41) is 5.01. The van der Waals surface area contributed by atoms with E-state index in [1.807, 2.05) is 23.6 Å². The molecule has 0 atom stereocenters. The molecule has 1 aromatic carbocycles. The average molecular weight is 304 g/mol. The van der Waals surface area contributed by atoms with Gasteiger partial charge in [-0.05, 0) is 25.1 Å². The number of halogens is 2. The predicted molar refractivity (Wildman–Crippen MR) is 76.2 cm³/mol. The van der Waals surface area contributed by atoms with Crippen molar-refractivity contribution in [1.29, 1.82) is 0 Å². The average Bonchev–Trinajstić information content (AvgIpc) is 3.00. The highest BCUT2D eigenvalue weighted by Crippen LogP contribution is 2.33. The van der Waals surface area contributed by atoms with Crippen molar-refractivity contribution in [3.05, 3.63) is 46.8 Å². The third-order valence-corrected chi connectivity index (χ3v) is 3.85. The van der Waals surface area contributed by atoms with Crippen molar-refractivity contribution < 1.29 is 4.39 Å². The summed E-state index contributed by atoms with van der Waals surface area (Å²) in [4.78, 5) is 8.63. The lowest BCUT2D eigenvalue weighted by atomic mass is 10.1. The minimum absolute atomic E-state index is 0.428.